The van der Waals surface area contributed by atoms with E-state index in [4.69, 9.17) is 39.5 Å². The van der Waals surface area contributed by atoms with E-state index in [-0.39, 0.29) is 29.1 Å². The molecule has 2 amide bonds. The second kappa shape index (κ2) is 9.70. The van der Waals surface area contributed by atoms with Gasteiger partial charge in [-0.1, -0.05) is 46.9 Å². The van der Waals surface area contributed by atoms with Crippen molar-refractivity contribution in [2.45, 2.75) is 50.2 Å². The lowest BCUT2D eigenvalue weighted by atomic mass is 9.59. The maximum Gasteiger partial charge on any atom is 0.347 e. The second-order valence-corrected chi connectivity index (χ2v) is 11.5. The highest BCUT2D eigenvalue weighted by Gasteiger charge is 2.62. The molecular weight excluding hydrogens is 565 g/mol. The fraction of sp³-hybridized carbons (Fsp3) is 0.286. The molecule has 0 saturated carbocycles. The van der Waals surface area contributed by atoms with Crippen LogP contribution in [0.2, 0.25) is 15.1 Å². The molecule has 0 unspecified atom stereocenters. The summed E-state index contributed by atoms with van der Waals surface area (Å²) in [5, 5.41) is 16.8. The van der Waals surface area contributed by atoms with Crippen LogP contribution >= 0.6 is 34.8 Å². The summed E-state index contributed by atoms with van der Waals surface area (Å²) < 4.78 is 5.89. The summed E-state index contributed by atoms with van der Waals surface area (Å²) in [7, 11) is 0. The molecule has 11 heteroatoms. The third kappa shape index (κ3) is 4.50. The van der Waals surface area contributed by atoms with Gasteiger partial charge in [-0.3, -0.25) is 9.59 Å². The van der Waals surface area contributed by atoms with Crippen molar-refractivity contribution in [3.05, 3.63) is 86.0 Å². The molecule has 2 aliphatic heterocycles. The predicted molar refractivity (Wildman–Crippen MR) is 148 cm³/mol. The summed E-state index contributed by atoms with van der Waals surface area (Å²) in [6.07, 6.45) is 1.20. The van der Waals surface area contributed by atoms with Crippen LogP contribution in [0.1, 0.15) is 54.5 Å². The van der Waals surface area contributed by atoms with E-state index in [9.17, 15) is 19.5 Å². The standard InChI is InChI=1S/C28H24Cl3N3O5/c1-13-4-5-14(29)8-17(13)23-28(19-7-6-15(30)10-21(19)33-25(28)36)20(11-22(35)34-23)18-9-16(31)12-32-24(18)39-27(2,3)26(37)38/h4-10,12,20,23H,11H2,1-3H3,(H,33,36)(H,34,35)(H,37,38)/t20-,23+,28-/m0/s1. The van der Waals surface area contributed by atoms with Gasteiger partial charge in [0.05, 0.1) is 11.1 Å². The van der Waals surface area contributed by atoms with Gasteiger partial charge in [-0.2, -0.15) is 0 Å². The van der Waals surface area contributed by atoms with Gasteiger partial charge >= 0.3 is 5.97 Å². The first-order valence-electron chi connectivity index (χ1n) is 12.1. The summed E-state index contributed by atoms with van der Waals surface area (Å²) in [5.74, 6) is -2.82. The number of hydrogen-bond acceptors (Lipinski definition) is 5. The number of anilines is 1. The Labute approximate surface area is 239 Å². The summed E-state index contributed by atoms with van der Waals surface area (Å²) in [6.45, 7) is 4.64. The number of amides is 2. The quantitative estimate of drug-likeness (QED) is 0.345. The zero-order valence-electron chi connectivity index (χ0n) is 21.1. The maximum absolute atomic E-state index is 14.3. The number of ether oxygens (including phenoxy) is 1. The number of pyridine rings is 1. The average molecular weight is 589 g/mol. The van der Waals surface area contributed by atoms with Gasteiger partial charge in [0, 0.05) is 39.8 Å². The van der Waals surface area contributed by atoms with Crippen molar-refractivity contribution in [3.8, 4) is 5.88 Å². The molecule has 1 fully saturated rings. The number of rotatable bonds is 5. The summed E-state index contributed by atoms with van der Waals surface area (Å²) in [4.78, 5) is 43.8. The number of nitrogens with one attached hydrogen (secondary N) is 2. The van der Waals surface area contributed by atoms with Crippen LogP contribution in [0.15, 0.2) is 48.7 Å². The molecule has 5 rings (SSSR count). The molecule has 3 N–H and O–H groups in total. The molecule has 3 atom stereocenters. The number of nitrogens with zero attached hydrogens (tertiary/aromatic N) is 1. The molecule has 3 heterocycles. The number of fused-ring (bicyclic) bond motifs is 2. The van der Waals surface area contributed by atoms with Gasteiger partial charge in [0.2, 0.25) is 23.3 Å². The Balaban J connectivity index is 1.82. The Morgan fingerprint density at radius 1 is 1.05 bits per heavy atom. The lowest BCUT2D eigenvalue weighted by molar-refractivity contribution is -0.152. The molecule has 2 aliphatic rings. The topological polar surface area (TPSA) is 118 Å². The van der Waals surface area contributed by atoms with E-state index in [0.717, 1.165) is 5.56 Å². The molecule has 1 aromatic heterocycles. The Bertz CT molecular complexity index is 1540. The predicted octanol–water partition coefficient (Wildman–Crippen LogP) is 5.83. The summed E-state index contributed by atoms with van der Waals surface area (Å²) in [6, 6.07) is 11.1. The summed E-state index contributed by atoms with van der Waals surface area (Å²) in [5.41, 5.74) is -0.173. The zero-order valence-corrected chi connectivity index (χ0v) is 23.4. The normalized spacial score (nSPS) is 22.3. The second-order valence-electron chi connectivity index (χ2n) is 10.2. The highest BCUT2D eigenvalue weighted by atomic mass is 35.5. The van der Waals surface area contributed by atoms with Crippen LogP contribution in [0.25, 0.3) is 0 Å². The number of piperidine rings is 1. The van der Waals surface area contributed by atoms with E-state index in [1.807, 2.05) is 13.0 Å². The van der Waals surface area contributed by atoms with Crippen LogP contribution < -0.4 is 15.4 Å². The molecule has 0 radical (unpaired) electrons. The highest BCUT2D eigenvalue weighted by molar-refractivity contribution is 6.31. The molecule has 0 aliphatic carbocycles. The van der Waals surface area contributed by atoms with E-state index >= 15 is 0 Å². The molecule has 8 nitrogen and oxygen atoms in total. The third-order valence-electron chi connectivity index (χ3n) is 7.39. The Morgan fingerprint density at radius 2 is 1.72 bits per heavy atom. The molecule has 3 aromatic rings. The van der Waals surface area contributed by atoms with Gasteiger partial charge < -0.3 is 20.5 Å². The smallest absolute Gasteiger partial charge is 0.347 e. The largest absolute Gasteiger partial charge is 0.478 e. The van der Waals surface area contributed by atoms with Crippen molar-refractivity contribution in [1.29, 1.82) is 0 Å². The summed E-state index contributed by atoms with van der Waals surface area (Å²) >= 11 is 19.1. The molecule has 2 aromatic carbocycles. The van der Waals surface area contributed by atoms with Gasteiger partial charge in [-0.15, -0.1) is 0 Å². The SMILES string of the molecule is Cc1ccc(Cl)cc1[C@H]1NC(=O)C[C@@H](c2cc(Cl)cnc2OC(C)(C)C(=O)O)[C@]12C(=O)Nc1cc(Cl)ccc12. The molecule has 0 bridgehead atoms. The third-order valence-corrected chi connectivity index (χ3v) is 8.07. The lowest BCUT2D eigenvalue weighted by Gasteiger charge is -2.47. The first-order chi connectivity index (χ1) is 18.3. The number of aromatic nitrogens is 1. The van der Waals surface area contributed by atoms with Crippen molar-refractivity contribution in [3.63, 3.8) is 0 Å². The van der Waals surface area contributed by atoms with Gasteiger partial charge in [0.25, 0.3) is 0 Å². The molecular formula is C28H24Cl3N3O5. The monoisotopic (exact) mass is 587 g/mol. The molecule has 1 saturated heterocycles. The molecule has 202 valence electrons. The molecule has 1 spiro atoms. The number of carbonyl (C=O) groups is 3. The van der Waals surface area contributed by atoms with Crippen molar-refractivity contribution in [2.75, 3.05) is 5.32 Å². The first-order valence-corrected chi connectivity index (χ1v) is 13.2. The van der Waals surface area contributed by atoms with Crippen molar-refractivity contribution < 1.29 is 24.2 Å². The lowest BCUT2D eigenvalue weighted by Crippen LogP contribution is -2.57. The fourth-order valence-electron chi connectivity index (χ4n) is 5.51. The van der Waals surface area contributed by atoms with Crippen LogP contribution in [0.4, 0.5) is 5.69 Å². The van der Waals surface area contributed by atoms with Crippen LogP contribution in [-0.4, -0.2) is 33.5 Å². The van der Waals surface area contributed by atoms with Gasteiger partial charge in [0.1, 0.15) is 5.41 Å². The van der Waals surface area contributed by atoms with Gasteiger partial charge in [-0.05, 0) is 67.8 Å². The minimum Gasteiger partial charge on any atom is -0.478 e. The van der Waals surface area contributed by atoms with E-state index in [0.29, 0.717) is 32.4 Å². The zero-order chi connectivity index (χ0) is 28.3. The minimum atomic E-state index is -1.66. The van der Waals surface area contributed by atoms with Crippen molar-refractivity contribution in [2.24, 2.45) is 0 Å². The van der Waals surface area contributed by atoms with E-state index in [1.165, 1.54) is 20.0 Å². The number of benzene rings is 2. The number of aryl methyl sites for hydroxylation is 1. The molecule has 39 heavy (non-hydrogen) atoms. The van der Waals surface area contributed by atoms with Crippen molar-refractivity contribution in [1.82, 2.24) is 10.3 Å². The number of halogens is 3. The minimum absolute atomic E-state index is 0.0392. The number of hydrogen-bond donors (Lipinski definition) is 3. The fourth-order valence-corrected chi connectivity index (χ4v) is 6.02. The number of aliphatic carboxylic acids is 1. The average Bonchev–Trinajstić information content (AvgIpc) is 3.14. The Kier molecular flexibility index (Phi) is 6.77. The van der Waals surface area contributed by atoms with E-state index < -0.39 is 28.9 Å². The Morgan fingerprint density at radius 3 is 2.44 bits per heavy atom. The number of carbonyl (C=O) groups excluding carboxylic acids is 2. The van der Waals surface area contributed by atoms with Crippen molar-refractivity contribution >= 4 is 58.3 Å². The Hall–Kier alpha value is -3.33. The van der Waals surface area contributed by atoms with Gasteiger partial charge in [0.15, 0.2) is 0 Å². The van der Waals surface area contributed by atoms with Crippen LogP contribution in [0.3, 0.4) is 0 Å². The number of carboxylic acid groups (broad SMARTS) is 1. The maximum atomic E-state index is 14.3. The van der Waals surface area contributed by atoms with Crippen LogP contribution in [-0.2, 0) is 19.8 Å². The number of carboxylic acids is 1. The van der Waals surface area contributed by atoms with E-state index in [1.54, 1.807) is 36.4 Å². The van der Waals surface area contributed by atoms with E-state index in [2.05, 4.69) is 15.6 Å². The first kappa shape index (κ1) is 27.2. The highest BCUT2D eigenvalue weighted by Crippen LogP contribution is 2.59. The van der Waals surface area contributed by atoms with Gasteiger partial charge in [-0.25, -0.2) is 9.78 Å². The van der Waals surface area contributed by atoms with Crippen LogP contribution in [0.5, 0.6) is 5.88 Å². The van der Waals surface area contributed by atoms with Crippen LogP contribution in [0, 0.1) is 6.92 Å².